The predicted molar refractivity (Wildman–Crippen MR) is 186 cm³/mol. The molecule has 0 radical (unpaired) electrons. The Morgan fingerprint density at radius 1 is 0.894 bits per heavy atom. The Bertz CT molecular complexity index is 1960. The third kappa shape index (κ3) is 9.00. The highest BCUT2D eigenvalue weighted by molar-refractivity contribution is 8.00. The Kier molecular flexibility index (Phi) is 10.6. The summed E-state index contributed by atoms with van der Waals surface area (Å²) in [7, 11) is 0. The van der Waals surface area contributed by atoms with Gasteiger partial charge in [-0.3, -0.25) is 24.5 Å². The first kappa shape index (κ1) is 32.8. The van der Waals surface area contributed by atoms with Gasteiger partial charge in [0.2, 0.25) is 5.91 Å². The molecule has 0 atom stereocenters. The summed E-state index contributed by atoms with van der Waals surface area (Å²) >= 11 is 2.71. The normalized spacial score (nSPS) is 11.1. The number of anilines is 2. The van der Waals surface area contributed by atoms with Crippen LogP contribution in [0.15, 0.2) is 114 Å². The fraction of sp³-hybridized carbons (Fsp3) is 0.0857. The highest BCUT2D eigenvalue weighted by atomic mass is 32.2. The molecule has 0 fully saturated rings. The molecule has 12 heteroatoms. The maximum Gasteiger partial charge on any atom is 0.272 e. The molecule has 5 aromatic rings. The highest BCUT2D eigenvalue weighted by Crippen LogP contribution is 2.31. The number of amides is 3. The molecule has 3 N–H and O–H groups in total. The number of nitro groups is 1. The first-order valence-corrected chi connectivity index (χ1v) is 16.2. The van der Waals surface area contributed by atoms with Gasteiger partial charge in [-0.25, -0.2) is 4.98 Å². The van der Waals surface area contributed by atoms with E-state index < -0.39 is 16.7 Å². The SMILES string of the molecule is Cc1ccc(-c2nc(NC(=O)CSc3cccc(NC(=O)/C(=C\c4ccc([N+](=O)[O-])cc4)NC(=O)c4ccccc4)c3)sc2C)cc1. The number of nitrogens with zero attached hydrogens (tertiary/aromatic N) is 2. The molecule has 0 saturated heterocycles. The van der Waals surface area contributed by atoms with Crippen molar-refractivity contribution in [3.8, 4) is 11.3 Å². The average Bonchev–Trinajstić information content (AvgIpc) is 3.43. The van der Waals surface area contributed by atoms with Gasteiger partial charge in [0.1, 0.15) is 5.70 Å². The summed E-state index contributed by atoms with van der Waals surface area (Å²) in [5, 5.41) is 19.9. The lowest BCUT2D eigenvalue weighted by molar-refractivity contribution is -0.384. The lowest BCUT2D eigenvalue weighted by atomic mass is 10.1. The van der Waals surface area contributed by atoms with Crippen LogP contribution in [0.3, 0.4) is 0 Å². The molecule has 0 saturated carbocycles. The topological polar surface area (TPSA) is 143 Å². The molecule has 0 aliphatic heterocycles. The van der Waals surface area contributed by atoms with Crippen LogP contribution >= 0.6 is 23.1 Å². The van der Waals surface area contributed by atoms with Crippen LogP contribution in [-0.2, 0) is 9.59 Å². The van der Waals surface area contributed by atoms with Crippen molar-refractivity contribution in [1.82, 2.24) is 10.3 Å². The van der Waals surface area contributed by atoms with Gasteiger partial charge in [0, 0.05) is 38.7 Å². The third-order valence-electron chi connectivity index (χ3n) is 6.77. The second-order valence-electron chi connectivity index (χ2n) is 10.3. The van der Waals surface area contributed by atoms with Crippen molar-refractivity contribution in [2.75, 3.05) is 16.4 Å². The maximum absolute atomic E-state index is 13.4. The minimum absolute atomic E-state index is 0.0612. The van der Waals surface area contributed by atoms with E-state index in [-0.39, 0.29) is 23.0 Å². The number of thioether (sulfide) groups is 1. The van der Waals surface area contributed by atoms with Crippen molar-refractivity contribution < 1.29 is 19.3 Å². The van der Waals surface area contributed by atoms with Crippen LogP contribution in [0.2, 0.25) is 0 Å². The molecule has 10 nitrogen and oxygen atoms in total. The fourth-order valence-corrected chi connectivity index (χ4v) is 6.00. The van der Waals surface area contributed by atoms with Crippen LogP contribution in [0, 0.1) is 24.0 Å². The van der Waals surface area contributed by atoms with Crippen LogP contribution in [0.25, 0.3) is 17.3 Å². The Morgan fingerprint density at radius 3 is 2.32 bits per heavy atom. The van der Waals surface area contributed by atoms with Crippen molar-refractivity contribution in [1.29, 1.82) is 0 Å². The monoisotopic (exact) mass is 663 g/mol. The van der Waals surface area contributed by atoms with Crippen LogP contribution in [-0.4, -0.2) is 33.4 Å². The number of thiazole rings is 1. The van der Waals surface area contributed by atoms with Gasteiger partial charge in [-0.05, 0) is 68.0 Å². The Balaban J connectivity index is 1.24. The molecule has 0 spiro atoms. The molecule has 0 bridgehead atoms. The Morgan fingerprint density at radius 2 is 1.62 bits per heavy atom. The van der Waals surface area contributed by atoms with Crippen LogP contribution < -0.4 is 16.0 Å². The summed E-state index contributed by atoms with van der Waals surface area (Å²) in [6.07, 6.45) is 1.44. The van der Waals surface area contributed by atoms with E-state index in [1.54, 1.807) is 48.5 Å². The number of carbonyl (C=O) groups excluding carboxylic acids is 3. The van der Waals surface area contributed by atoms with E-state index in [4.69, 9.17) is 0 Å². The van der Waals surface area contributed by atoms with Gasteiger partial charge in [-0.15, -0.1) is 23.1 Å². The van der Waals surface area contributed by atoms with E-state index in [0.29, 0.717) is 21.9 Å². The van der Waals surface area contributed by atoms with Crippen molar-refractivity contribution in [3.05, 3.63) is 141 Å². The second-order valence-corrected chi connectivity index (χ2v) is 12.6. The summed E-state index contributed by atoms with van der Waals surface area (Å²) in [4.78, 5) is 56.0. The Hall–Kier alpha value is -5.59. The minimum Gasteiger partial charge on any atom is -0.321 e. The average molecular weight is 664 g/mol. The first-order chi connectivity index (χ1) is 22.6. The first-order valence-electron chi connectivity index (χ1n) is 14.4. The largest absolute Gasteiger partial charge is 0.321 e. The van der Waals surface area contributed by atoms with Gasteiger partial charge in [0.15, 0.2) is 5.13 Å². The number of hydrogen-bond donors (Lipinski definition) is 3. The quantitative estimate of drug-likeness (QED) is 0.0576. The van der Waals surface area contributed by atoms with Gasteiger partial charge in [-0.1, -0.05) is 54.1 Å². The number of nitrogens with one attached hydrogen (secondary N) is 3. The van der Waals surface area contributed by atoms with Gasteiger partial charge in [-0.2, -0.15) is 0 Å². The highest BCUT2D eigenvalue weighted by Gasteiger charge is 2.17. The number of aromatic nitrogens is 1. The van der Waals surface area contributed by atoms with E-state index in [9.17, 15) is 24.5 Å². The molecule has 1 heterocycles. The smallest absolute Gasteiger partial charge is 0.272 e. The van der Waals surface area contributed by atoms with Crippen molar-refractivity contribution >= 4 is 63.4 Å². The zero-order valence-corrected chi connectivity index (χ0v) is 27.0. The summed E-state index contributed by atoms with van der Waals surface area (Å²) in [5.74, 6) is -1.19. The van der Waals surface area contributed by atoms with E-state index in [0.717, 1.165) is 26.6 Å². The van der Waals surface area contributed by atoms with Crippen molar-refractivity contribution in [2.24, 2.45) is 0 Å². The van der Waals surface area contributed by atoms with Gasteiger partial charge < -0.3 is 16.0 Å². The predicted octanol–water partition coefficient (Wildman–Crippen LogP) is 7.48. The molecule has 1 aromatic heterocycles. The van der Waals surface area contributed by atoms with Crippen LogP contribution in [0.1, 0.15) is 26.4 Å². The lowest BCUT2D eigenvalue weighted by Gasteiger charge is -2.12. The number of non-ortho nitro benzene ring substituents is 1. The molecule has 236 valence electrons. The standard InChI is InChI=1S/C35H29N5O5S2/c1-22-11-15-25(16-12-22)32-23(2)47-35(39-32)38-31(41)21-46-29-10-6-9-27(20-29)36-34(43)30(37-33(42)26-7-4-3-5-8-26)19-24-13-17-28(18-14-24)40(44)45/h3-20H,21H2,1-2H3,(H,36,43)(H,37,42)(H,38,39,41)/b30-19+. The summed E-state index contributed by atoms with van der Waals surface area (Å²) in [6, 6.07) is 29.1. The molecule has 5 rings (SSSR count). The molecular formula is C35H29N5O5S2. The fourth-order valence-electron chi connectivity index (χ4n) is 4.40. The third-order valence-corrected chi connectivity index (χ3v) is 8.65. The Labute approximate surface area is 279 Å². The number of rotatable bonds is 11. The molecule has 3 amide bonds. The van der Waals surface area contributed by atoms with Gasteiger partial charge in [0.05, 0.1) is 16.4 Å². The molecule has 0 unspecified atom stereocenters. The molecule has 47 heavy (non-hydrogen) atoms. The number of benzene rings is 4. The van der Waals surface area contributed by atoms with Crippen LogP contribution in [0.5, 0.6) is 0 Å². The number of nitro benzene ring substituents is 1. The van der Waals surface area contributed by atoms with E-state index in [1.165, 1.54) is 53.4 Å². The van der Waals surface area contributed by atoms with E-state index in [2.05, 4.69) is 20.9 Å². The molecule has 0 aliphatic rings. The summed E-state index contributed by atoms with van der Waals surface area (Å²) in [6.45, 7) is 3.99. The zero-order chi connectivity index (χ0) is 33.3. The molecule has 4 aromatic carbocycles. The summed E-state index contributed by atoms with van der Waals surface area (Å²) < 4.78 is 0. The van der Waals surface area contributed by atoms with Gasteiger partial charge >= 0.3 is 0 Å². The number of hydrogen-bond acceptors (Lipinski definition) is 8. The molecular weight excluding hydrogens is 635 g/mol. The summed E-state index contributed by atoms with van der Waals surface area (Å²) in [5.41, 5.74) is 4.10. The van der Waals surface area contributed by atoms with E-state index in [1.807, 2.05) is 44.2 Å². The minimum atomic E-state index is -0.601. The second kappa shape index (κ2) is 15.1. The lowest BCUT2D eigenvalue weighted by Crippen LogP contribution is -2.30. The van der Waals surface area contributed by atoms with Crippen molar-refractivity contribution in [3.63, 3.8) is 0 Å². The van der Waals surface area contributed by atoms with Crippen LogP contribution in [0.4, 0.5) is 16.5 Å². The number of aryl methyl sites for hydroxylation is 2. The van der Waals surface area contributed by atoms with Gasteiger partial charge in [0.25, 0.3) is 17.5 Å². The molecule has 0 aliphatic carbocycles. The van der Waals surface area contributed by atoms with Crippen molar-refractivity contribution in [2.45, 2.75) is 18.7 Å². The van der Waals surface area contributed by atoms with E-state index >= 15 is 0 Å². The zero-order valence-electron chi connectivity index (χ0n) is 25.4. The number of carbonyl (C=O) groups is 3. The maximum atomic E-state index is 13.4.